The monoisotopic (exact) mass is 169 g/mol. The van der Waals surface area contributed by atoms with E-state index < -0.39 is 0 Å². The number of carbonyl (C=O) groups excluding carboxylic acids is 1. The molecule has 0 atom stereocenters. The molecule has 0 bridgehead atoms. The summed E-state index contributed by atoms with van der Waals surface area (Å²) in [7, 11) is 1.70. The standard InChI is InChI=1S/C7H11N3O2/c1-5(12)7-6(3-4-11)10(2)9-8-7/h11H,3-4H2,1-2H3. The average molecular weight is 169 g/mol. The minimum absolute atomic E-state index is 0.00148. The Balaban J connectivity index is 3.03. The van der Waals surface area contributed by atoms with E-state index in [2.05, 4.69) is 10.3 Å². The number of hydrogen-bond donors (Lipinski definition) is 1. The topological polar surface area (TPSA) is 68.0 Å². The molecule has 1 aromatic heterocycles. The fraction of sp³-hybridized carbons (Fsp3) is 0.571. The second-order valence-electron chi connectivity index (χ2n) is 2.54. The molecule has 12 heavy (non-hydrogen) atoms. The first-order valence-electron chi connectivity index (χ1n) is 3.67. The van der Waals surface area contributed by atoms with Gasteiger partial charge >= 0.3 is 0 Å². The zero-order valence-corrected chi connectivity index (χ0v) is 7.11. The van der Waals surface area contributed by atoms with Crippen molar-refractivity contribution in [2.45, 2.75) is 13.3 Å². The summed E-state index contributed by atoms with van der Waals surface area (Å²) in [6.45, 7) is 1.44. The van der Waals surface area contributed by atoms with Gasteiger partial charge in [-0.3, -0.25) is 9.48 Å². The number of aliphatic hydroxyl groups excluding tert-OH is 1. The van der Waals surface area contributed by atoms with Gasteiger partial charge in [0.25, 0.3) is 0 Å². The van der Waals surface area contributed by atoms with Crippen molar-refractivity contribution >= 4 is 5.78 Å². The maximum absolute atomic E-state index is 11.0. The molecule has 1 N–H and O–H groups in total. The first-order chi connectivity index (χ1) is 5.66. The summed E-state index contributed by atoms with van der Waals surface area (Å²) in [6.07, 6.45) is 0.415. The van der Waals surface area contributed by atoms with Crippen LogP contribution in [0.15, 0.2) is 0 Å². The van der Waals surface area contributed by atoms with Crippen LogP contribution in [0.1, 0.15) is 23.1 Å². The normalized spacial score (nSPS) is 10.2. The SMILES string of the molecule is CC(=O)c1nnn(C)c1CCO. The Labute approximate surface area is 70.0 Å². The number of carbonyl (C=O) groups is 1. The van der Waals surface area contributed by atoms with Crippen LogP contribution in [0, 0.1) is 0 Å². The molecule has 0 aromatic carbocycles. The molecular weight excluding hydrogens is 158 g/mol. The molecule has 0 amide bonds. The molecule has 0 spiro atoms. The molecule has 0 saturated heterocycles. The van der Waals surface area contributed by atoms with Crippen molar-refractivity contribution in [2.75, 3.05) is 6.61 Å². The minimum Gasteiger partial charge on any atom is -0.396 e. The van der Waals surface area contributed by atoms with Crippen LogP contribution in [-0.4, -0.2) is 32.5 Å². The molecule has 0 radical (unpaired) electrons. The highest BCUT2D eigenvalue weighted by atomic mass is 16.3. The maximum atomic E-state index is 11.0. The summed E-state index contributed by atoms with van der Waals surface area (Å²) in [5.41, 5.74) is 1.04. The number of nitrogens with zero attached hydrogens (tertiary/aromatic N) is 3. The Kier molecular flexibility index (Phi) is 2.54. The molecule has 0 aliphatic rings. The van der Waals surface area contributed by atoms with Gasteiger partial charge in [0.2, 0.25) is 0 Å². The average Bonchev–Trinajstić information content (AvgIpc) is 2.34. The third-order valence-electron chi connectivity index (χ3n) is 1.62. The number of aromatic nitrogens is 3. The highest BCUT2D eigenvalue weighted by molar-refractivity contribution is 5.93. The molecule has 1 heterocycles. The summed E-state index contributed by atoms with van der Waals surface area (Å²) in [6, 6.07) is 0. The molecular formula is C7H11N3O2. The number of aryl methyl sites for hydroxylation is 1. The minimum atomic E-state index is -0.119. The maximum Gasteiger partial charge on any atom is 0.181 e. The van der Waals surface area contributed by atoms with Gasteiger partial charge in [-0.15, -0.1) is 5.10 Å². The van der Waals surface area contributed by atoms with Crippen molar-refractivity contribution in [3.63, 3.8) is 0 Å². The van der Waals surface area contributed by atoms with Gasteiger partial charge in [0.15, 0.2) is 11.5 Å². The number of rotatable bonds is 3. The highest BCUT2D eigenvalue weighted by Crippen LogP contribution is 2.04. The van der Waals surface area contributed by atoms with Crippen molar-refractivity contribution in [1.29, 1.82) is 0 Å². The second-order valence-corrected chi connectivity index (χ2v) is 2.54. The molecule has 1 rings (SSSR count). The Morgan fingerprint density at radius 1 is 1.67 bits per heavy atom. The van der Waals surface area contributed by atoms with E-state index in [1.807, 2.05) is 0 Å². The third kappa shape index (κ3) is 1.50. The molecule has 0 aliphatic carbocycles. The van der Waals surface area contributed by atoms with E-state index in [0.717, 1.165) is 0 Å². The molecule has 5 heteroatoms. The van der Waals surface area contributed by atoms with Gasteiger partial charge in [0, 0.05) is 27.0 Å². The first kappa shape index (κ1) is 8.86. The molecule has 0 saturated carbocycles. The zero-order valence-electron chi connectivity index (χ0n) is 7.11. The molecule has 0 fully saturated rings. The molecule has 5 nitrogen and oxygen atoms in total. The smallest absolute Gasteiger partial charge is 0.181 e. The number of Topliss-reactive ketones (excluding diaryl/α,β-unsaturated/α-hetero) is 1. The van der Waals surface area contributed by atoms with Crippen LogP contribution < -0.4 is 0 Å². The zero-order chi connectivity index (χ0) is 9.14. The van der Waals surface area contributed by atoms with Gasteiger partial charge in [0.1, 0.15) is 0 Å². The fourth-order valence-corrected chi connectivity index (χ4v) is 1.04. The van der Waals surface area contributed by atoms with Crippen LogP contribution in [0.25, 0.3) is 0 Å². The van der Waals surface area contributed by atoms with E-state index in [-0.39, 0.29) is 12.4 Å². The summed E-state index contributed by atoms with van der Waals surface area (Å²) in [5, 5.41) is 16.1. The summed E-state index contributed by atoms with van der Waals surface area (Å²) < 4.78 is 1.51. The number of aliphatic hydroxyl groups is 1. The fourth-order valence-electron chi connectivity index (χ4n) is 1.04. The summed E-state index contributed by atoms with van der Waals surface area (Å²) in [5.74, 6) is -0.119. The lowest BCUT2D eigenvalue weighted by Crippen LogP contribution is -2.05. The Hall–Kier alpha value is -1.23. The van der Waals surface area contributed by atoms with Gasteiger partial charge < -0.3 is 5.11 Å². The van der Waals surface area contributed by atoms with Gasteiger partial charge in [-0.1, -0.05) is 5.21 Å². The summed E-state index contributed by atoms with van der Waals surface area (Å²) in [4.78, 5) is 11.0. The van der Waals surface area contributed by atoms with E-state index in [4.69, 9.17) is 5.11 Å². The van der Waals surface area contributed by atoms with E-state index >= 15 is 0 Å². The van der Waals surface area contributed by atoms with Crippen LogP contribution in [0.3, 0.4) is 0 Å². The summed E-state index contributed by atoms with van der Waals surface area (Å²) >= 11 is 0. The quantitative estimate of drug-likeness (QED) is 0.622. The predicted molar refractivity (Wildman–Crippen MR) is 41.8 cm³/mol. The van der Waals surface area contributed by atoms with Crippen LogP contribution in [0.2, 0.25) is 0 Å². The molecule has 0 aliphatic heterocycles. The van der Waals surface area contributed by atoms with Crippen LogP contribution in [-0.2, 0) is 13.5 Å². The lowest BCUT2D eigenvalue weighted by molar-refractivity contribution is 0.101. The van der Waals surface area contributed by atoms with E-state index in [1.165, 1.54) is 11.6 Å². The van der Waals surface area contributed by atoms with Crippen molar-refractivity contribution < 1.29 is 9.90 Å². The van der Waals surface area contributed by atoms with E-state index in [1.54, 1.807) is 7.05 Å². The molecule has 66 valence electrons. The molecule has 1 aromatic rings. The van der Waals surface area contributed by atoms with Crippen molar-refractivity contribution in [1.82, 2.24) is 15.0 Å². The number of ketones is 1. The number of hydrogen-bond acceptors (Lipinski definition) is 4. The highest BCUT2D eigenvalue weighted by Gasteiger charge is 2.13. The van der Waals surface area contributed by atoms with Crippen molar-refractivity contribution in [3.05, 3.63) is 11.4 Å². The predicted octanol–water partition coefficient (Wildman–Crippen LogP) is -0.448. The van der Waals surface area contributed by atoms with E-state index in [9.17, 15) is 4.79 Å². The van der Waals surface area contributed by atoms with E-state index in [0.29, 0.717) is 17.8 Å². The molecule has 0 unspecified atom stereocenters. The van der Waals surface area contributed by atoms with Crippen molar-refractivity contribution in [3.8, 4) is 0 Å². The van der Waals surface area contributed by atoms with Gasteiger partial charge in [-0.25, -0.2) is 0 Å². The van der Waals surface area contributed by atoms with Gasteiger partial charge in [0.05, 0.1) is 5.69 Å². The van der Waals surface area contributed by atoms with Crippen LogP contribution >= 0.6 is 0 Å². The van der Waals surface area contributed by atoms with Crippen molar-refractivity contribution in [2.24, 2.45) is 7.05 Å². The lowest BCUT2D eigenvalue weighted by atomic mass is 10.2. The first-order valence-corrected chi connectivity index (χ1v) is 3.67. The Morgan fingerprint density at radius 2 is 2.33 bits per heavy atom. The Bertz CT molecular complexity index is 293. The van der Waals surface area contributed by atoms with Crippen LogP contribution in [0.4, 0.5) is 0 Å². The van der Waals surface area contributed by atoms with Gasteiger partial charge in [-0.05, 0) is 0 Å². The second kappa shape index (κ2) is 3.44. The third-order valence-corrected chi connectivity index (χ3v) is 1.62. The Morgan fingerprint density at radius 3 is 2.83 bits per heavy atom. The lowest BCUT2D eigenvalue weighted by Gasteiger charge is -1.98. The van der Waals surface area contributed by atoms with Gasteiger partial charge in [-0.2, -0.15) is 0 Å². The largest absolute Gasteiger partial charge is 0.396 e. The van der Waals surface area contributed by atoms with Crippen LogP contribution in [0.5, 0.6) is 0 Å².